The third-order valence-corrected chi connectivity index (χ3v) is 5.71. The first-order valence-electron chi connectivity index (χ1n) is 6.52. The SMILES string of the molecule is CC(C(=O)O)C(C)C(=O)N1CCN2C(CNS2(=O)=O)C1. The average molecular weight is 305 g/mol. The van der Waals surface area contributed by atoms with Gasteiger partial charge < -0.3 is 10.0 Å². The monoisotopic (exact) mass is 305 g/mol. The molecule has 2 heterocycles. The molecule has 9 heteroatoms. The van der Waals surface area contributed by atoms with Crippen molar-refractivity contribution >= 4 is 22.1 Å². The fraction of sp³-hybridized carbons (Fsp3) is 0.818. The Morgan fingerprint density at radius 3 is 2.50 bits per heavy atom. The molecule has 3 unspecified atom stereocenters. The number of amides is 1. The van der Waals surface area contributed by atoms with Crippen LogP contribution in [0, 0.1) is 11.8 Å². The quantitative estimate of drug-likeness (QED) is 0.674. The Bertz CT molecular complexity index is 520. The molecule has 8 nitrogen and oxygen atoms in total. The maximum atomic E-state index is 12.3. The number of hydrogen-bond acceptors (Lipinski definition) is 4. The molecule has 2 fully saturated rings. The Balaban J connectivity index is 2.03. The first kappa shape index (κ1) is 15.2. The molecule has 0 radical (unpaired) electrons. The zero-order valence-electron chi connectivity index (χ0n) is 11.4. The fourth-order valence-electron chi connectivity index (χ4n) is 2.52. The zero-order chi connectivity index (χ0) is 15.1. The lowest BCUT2D eigenvalue weighted by Gasteiger charge is -2.37. The summed E-state index contributed by atoms with van der Waals surface area (Å²) in [7, 11) is -3.40. The van der Waals surface area contributed by atoms with Gasteiger partial charge in [0.2, 0.25) is 5.91 Å². The minimum absolute atomic E-state index is 0.233. The van der Waals surface area contributed by atoms with Gasteiger partial charge in [-0.05, 0) is 0 Å². The second-order valence-corrected chi connectivity index (χ2v) is 7.03. The van der Waals surface area contributed by atoms with Gasteiger partial charge in [-0.3, -0.25) is 9.59 Å². The van der Waals surface area contributed by atoms with Crippen molar-refractivity contribution in [1.82, 2.24) is 13.9 Å². The summed E-state index contributed by atoms with van der Waals surface area (Å²) < 4.78 is 27.1. The van der Waals surface area contributed by atoms with Gasteiger partial charge in [0.05, 0.1) is 12.0 Å². The highest BCUT2D eigenvalue weighted by Gasteiger charge is 2.42. The molecule has 114 valence electrons. The van der Waals surface area contributed by atoms with Gasteiger partial charge in [0.25, 0.3) is 10.2 Å². The number of carbonyl (C=O) groups excluding carboxylic acids is 1. The van der Waals surface area contributed by atoms with Crippen LogP contribution in [0.2, 0.25) is 0 Å². The number of aliphatic carboxylic acids is 1. The Hall–Kier alpha value is -1.19. The van der Waals surface area contributed by atoms with Crippen LogP contribution in [0.4, 0.5) is 0 Å². The van der Waals surface area contributed by atoms with Crippen molar-refractivity contribution in [3.05, 3.63) is 0 Å². The van der Waals surface area contributed by atoms with E-state index in [-0.39, 0.29) is 25.0 Å². The number of fused-ring (bicyclic) bond motifs is 1. The van der Waals surface area contributed by atoms with Gasteiger partial charge in [0.15, 0.2) is 0 Å². The molecule has 0 aliphatic carbocycles. The van der Waals surface area contributed by atoms with Crippen molar-refractivity contribution < 1.29 is 23.1 Å². The Morgan fingerprint density at radius 1 is 1.25 bits per heavy atom. The van der Waals surface area contributed by atoms with E-state index in [0.717, 1.165) is 0 Å². The van der Waals surface area contributed by atoms with E-state index in [0.29, 0.717) is 13.1 Å². The topological polar surface area (TPSA) is 107 Å². The molecule has 0 bridgehead atoms. The maximum absolute atomic E-state index is 12.3. The van der Waals surface area contributed by atoms with Crippen molar-refractivity contribution in [2.75, 3.05) is 26.2 Å². The van der Waals surface area contributed by atoms with Crippen LogP contribution in [0.15, 0.2) is 0 Å². The number of nitrogens with one attached hydrogen (secondary N) is 1. The van der Waals surface area contributed by atoms with Crippen LogP contribution < -0.4 is 4.72 Å². The third-order valence-electron chi connectivity index (χ3n) is 4.08. The van der Waals surface area contributed by atoms with Crippen molar-refractivity contribution in [1.29, 1.82) is 0 Å². The van der Waals surface area contributed by atoms with Crippen LogP contribution in [0.5, 0.6) is 0 Å². The van der Waals surface area contributed by atoms with Crippen LogP contribution in [-0.2, 0) is 19.8 Å². The molecule has 2 aliphatic rings. The van der Waals surface area contributed by atoms with E-state index < -0.39 is 28.0 Å². The van der Waals surface area contributed by atoms with Crippen molar-refractivity contribution in [2.45, 2.75) is 19.9 Å². The fourth-order valence-corrected chi connectivity index (χ4v) is 3.95. The minimum atomic E-state index is -3.40. The van der Waals surface area contributed by atoms with Gasteiger partial charge in [0.1, 0.15) is 0 Å². The van der Waals surface area contributed by atoms with Gasteiger partial charge in [0, 0.05) is 32.1 Å². The van der Waals surface area contributed by atoms with E-state index in [2.05, 4.69) is 4.72 Å². The van der Waals surface area contributed by atoms with E-state index in [4.69, 9.17) is 5.11 Å². The highest BCUT2D eigenvalue weighted by Crippen LogP contribution is 2.21. The van der Waals surface area contributed by atoms with Crippen LogP contribution in [0.1, 0.15) is 13.8 Å². The molecule has 0 saturated carbocycles. The first-order valence-corrected chi connectivity index (χ1v) is 7.96. The number of rotatable bonds is 3. The molecular formula is C11H19N3O5S. The number of piperazine rings is 1. The largest absolute Gasteiger partial charge is 0.481 e. The predicted octanol–water partition coefficient (Wildman–Crippen LogP) is -1.30. The van der Waals surface area contributed by atoms with Gasteiger partial charge in [-0.2, -0.15) is 12.7 Å². The zero-order valence-corrected chi connectivity index (χ0v) is 12.3. The van der Waals surface area contributed by atoms with Crippen molar-refractivity contribution in [3.63, 3.8) is 0 Å². The van der Waals surface area contributed by atoms with E-state index in [1.165, 1.54) is 11.2 Å². The maximum Gasteiger partial charge on any atom is 0.307 e. The second-order valence-electron chi connectivity index (χ2n) is 5.32. The van der Waals surface area contributed by atoms with Crippen molar-refractivity contribution in [3.8, 4) is 0 Å². The van der Waals surface area contributed by atoms with E-state index in [1.807, 2.05) is 0 Å². The number of carboxylic acids is 1. The molecule has 20 heavy (non-hydrogen) atoms. The van der Waals surface area contributed by atoms with Crippen LogP contribution in [0.25, 0.3) is 0 Å². The number of carbonyl (C=O) groups is 2. The average Bonchev–Trinajstić information content (AvgIpc) is 2.71. The van der Waals surface area contributed by atoms with Gasteiger partial charge in [-0.1, -0.05) is 13.8 Å². The molecule has 1 amide bonds. The predicted molar refractivity (Wildman–Crippen MR) is 70.0 cm³/mol. The number of carboxylic acid groups (broad SMARTS) is 1. The Morgan fingerprint density at radius 2 is 1.90 bits per heavy atom. The molecule has 2 saturated heterocycles. The Kier molecular flexibility index (Phi) is 4.03. The van der Waals surface area contributed by atoms with E-state index in [9.17, 15) is 18.0 Å². The molecule has 0 aromatic rings. The normalized spacial score (nSPS) is 28.7. The van der Waals surface area contributed by atoms with Crippen LogP contribution in [0.3, 0.4) is 0 Å². The van der Waals surface area contributed by atoms with Gasteiger partial charge >= 0.3 is 5.97 Å². The van der Waals surface area contributed by atoms with E-state index >= 15 is 0 Å². The Labute approximate surface area is 117 Å². The summed E-state index contributed by atoms with van der Waals surface area (Å²) in [6.45, 7) is 4.24. The summed E-state index contributed by atoms with van der Waals surface area (Å²) in [6, 6.07) is -0.259. The lowest BCUT2D eigenvalue weighted by Crippen LogP contribution is -2.55. The second kappa shape index (κ2) is 5.30. The molecule has 2 aliphatic heterocycles. The molecule has 0 spiro atoms. The van der Waals surface area contributed by atoms with Gasteiger partial charge in [-0.25, -0.2) is 4.72 Å². The first-order chi connectivity index (χ1) is 9.24. The summed E-state index contributed by atoms with van der Waals surface area (Å²) >= 11 is 0. The standard InChI is InChI=1S/C11H19N3O5S/c1-7(8(2)11(16)17)10(15)13-3-4-14-9(6-13)5-12-20(14,18)19/h7-9,12H,3-6H2,1-2H3,(H,16,17). The smallest absolute Gasteiger partial charge is 0.307 e. The molecule has 2 N–H and O–H groups in total. The molecule has 3 atom stereocenters. The minimum Gasteiger partial charge on any atom is -0.481 e. The van der Waals surface area contributed by atoms with Gasteiger partial charge in [-0.15, -0.1) is 0 Å². The summed E-state index contributed by atoms with van der Waals surface area (Å²) in [5.74, 6) is -2.62. The number of nitrogens with zero attached hydrogens (tertiary/aromatic N) is 2. The molecule has 2 rings (SSSR count). The highest BCUT2D eigenvalue weighted by atomic mass is 32.2. The third kappa shape index (κ3) is 2.65. The number of hydrogen-bond donors (Lipinski definition) is 2. The molecular weight excluding hydrogens is 286 g/mol. The highest BCUT2D eigenvalue weighted by molar-refractivity contribution is 7.87. The summed E-state index contributed by atoms with van der Waals surface area (Å²) in [5, 5.41) is 8.95. The van der Waals surface area contributed by atoms with Crippen molar-refractivity contribution in [2.24, 2.45) is 11.8 Å². The lowest BCUT2D eigenvalue weighted by molar-refractivity contribution is -0.149. The summed E-state index contributed by atoms with van der Waals surface area (Å²) in [4.78, 5) is 24.8. The lowest BCUT2D eigenvalue weighted by atomic mass is 9.94. The van der Waals surface area contributed by atoms with E-state index in [1.54, 1.807) is 11.8 Å². The molecule has 0 aromatic carbocycles. The van der Waals surface area contributed by atoms with Crippen LogP contribution >= 0.6 is 0 Å². The van der Waals surface area contributed by atoms with Crippen LogP contribution in [-0.4, -0.2) is 66.8 Å². The summed E-state index contributed by atoms with van der Waals surface area (Å²) in [6.07, 6.45) is 0. The summed E-state index contributed by atoms with van der Waals surface area (Å²) in [5.41, 5.74) is 0. The molecule has 0 aromatic heterocycles.